The van der Waals surface area contributed by atoms with Gasteiger partial charge < -0.3 is 4.57 Å². The molecule has 0 aliphatic rings. The summed E-state index contributed by atoms with van der Waals surface area (Å²) >= 11 is 0. The highest BCUT2D eigenvalue weighted by atomic mass is 19.1. The van der Waals surface area contributed by atoms with Crippen molar-refractivity contribution >= 4 is 11.0 Å². The van der Waals surface area contributed by atoms with E-state index in [2.05, 4.69) is 25.8 Å². The van der Waals surface area contributed by atoms with Crippen molar-refractivity contribution in [1.82, 2.24) is 9.55 Å². The van der Waals surface area contributed by atoms with Crippen LogP contribution >= 0.6 is 0 Å². The predicted molar refractivity (Wildman–Crippen MR) is 64.0 cm³/mol. The van der Waals surface area contributed by atoms with E-state index in [4.69, 9.17) is 0 Å². The zero-order valence-corrected chi connectivity index (χ0v) is 10.2. The number of aryl methyl sites for hydroxylation is 1. The summed E-state index contributed by atoms with van der Waals surface area (Å²) in [5, 5.41) is 0. The first-order chi connectivity index (χ1) is 7.45. The van der Waals surface area contributed by atoms with Crippen molar-refractivity contribution in [3.8, 4) is 0 Å². The van der Waals surface area contributed by atoms with E-state index in [1.54, 1.807) is 6.07 Å². The van der Waals surface area contributed by atoms with Crippen LogP contribution in [0, 0.1) is 5.82 Å². The van der Waals surface area contributed by atoms with Gasteiger partial charge in [0.2, 0.25) is 0 Å². The van der Waals surface area contributed by atoms with Gasteiger partial charge in [0.1, 0.15) is 11.6 Å². The Hall–Kier alpha value is -1.38. The Bertz CT molecular complexity index is 526. The number of hydrogen-bond donors (Lipinski definition) is 0. The Balaban J connectivity index is 2.70. The van der Waals surface area contributed by atoms with Crippen LogP contribution in [0.2, 0.25) is 0 Å². The monoisotopic (exact) mass is 220 g/mol. The standard InChI is InChI=1S/C13H17FN2/c1-5-13(2,3)12-15-10-7-6-9(14)8-11(10)16(12)4/h6-8H,5H2,1-4H3. The van der Waals surface area contributed by atoms with E-state index in [1.807, 2.05) is 11.6 Å². The number of imidazole rings is 1. The molecule has 86 valence electrons. The molecule has 0 aliphatic heterocycles. The predicted octanol–water partition coefficient (Wildman–Crippen LogP) is 3.40. The molecule has 16 heavy (non-hydrogen) atoms. The molecule has 1 aromatic heterocycles. The molecule has 0 N–H and O–H groups in total. The first kappa shape index (κ1) is 11.1. The van der Waals surface area contributed by atoms with Gasteiger partial charge in [0.05, 0.1) is 11.0 Å². The van der Waals surface area contributed by atoms with Gasteiger partial charge in [-0.25, -0.2) is 9.37 Å². The van der Waals surface area contributed by atoms with Crippen molar-refractivity contribution in [2.75, 3.05) is 0 Å². The molecule has 0 amide bonds. The first-order valence-electron chi connectivity index (χ1n) is 5.58. The van der Waals surface area contributed by atoms with E-state index in [-0.39, 0.29) is 11.2 Å². The lowest BCUT2D eigenvalue weighted by atomic mass is 9.89. The zero-order chi connectivity index (χ0) is 11.9. The molecular formula is C13H17FN2. The number of benzene rings is 1. The third-order valence-corrected chi connectivity index (χ3v) is 3.33. The van der Waals surface area contributed by atoms with Gasteiger partial charge in [0, 0.05) is 12.5 Å². The molecule has 0 spiro atoms. The molecule has 2 nitrogen and oxygen atoms in total. The minimum Gasteiger partial charge on any atom is -0.331 e. The molecular weight excluding hydrogens is 203 g/mol. The van der Waals surface area contributed by atoms with E-state index in [0.717, 1.165) is 23.3 Å². The molecule has 1 heterocycles. The molecule has 0 aliphatic carbocycles. The lowest BCUT2D eigenvalue weighted by Gasteiger charge is -2.21. The van der Waals surface area contributed by atoms with Gasteiger partial charge >= 0.3 is 0 Å². The van der Waals surface area contributed by atoms with Crippen LogP contribution in [0.4, 0.5) is 4.39 Å². The summed E-state index contributed by atoms with van der Waals surface area (Å²) in [6, 6.07) is 4.73. The van der Waals surface area contributed by atoms with Crippen LogP contribution in [0.5, 0.6) is 0 Å². The van der Waals surface area contributed by atoms with Crippen LogP contribution in [0.1, 0.15) is 33.0 Å². The van der Waals surface area contributed by atoms with Crippen LogP contribution in [-0.2, 0) is 12.5 Å². The van der Waals surface area contributed by atoms with Crippen molar-refractivity contribution in [1.29, 1.82) is 0 Å². The second kappa shape index (κ2) is 3.58. The van der Waals surface area contributed by atoms with E-state index >= 15 is 0 Å². The summed E-state index contributed by atoms with van der Waals surface area (Å²) in [4.78, 5) is 4.59. The number of halogens is 1. The van der Waals surface area contributed by atoms with Crippen LogP contribution in [0.15, 0.2) is 18.2 Å². The molecule has 0 saturated heterocycles. The molecule has 3 heteroatoms. The summed E-state index contributed by atoms with van der Waals surface area (Å²) < 4.78 is 15.2. The summed E-state index contributed by atoms with van der Waals surface area (Å²) in [5.74, 6) is 0.798. The third kappa shape index (κ3) is 1.60. The molecule has 0 fully saturated rings. The molecule has 2 rings (SSSR count). The Morgan fingerprint density at radius 2 is 2.06 bits per heavy atom. The van der Waals surface area contributed by atoms with Gasteiger partial charge in [-0.1, -0.05) is 20.8 Å². The fourth-order valence-electron chi connectivity index (χ4n) is 1.93. The topological polar surface area (TPSA) is 17.8 Å². The van der Waals surface area contributed by atoms with Crippen molar-refractivity contribution in [3.63, 3.8) is 0 Å². The van der Waals surface area contributed by atoms with E-state index < -0.39 is 0 Å². The lowest BCUT2D eigenvalue weighted by molar-refractivity contribution is 0.460. The second-order valence-electron chi connectivity index (χ2n) is 4.86. The summed E-state index contributed by atoms with van der Waals surface area (Å²) in [6.45, 7) is 6.45. The van der Waals surface area contributed by atoms with Crippen LogP contribution in [-0.4, -0.2) is 9.55 Å². The van der Waals surface area contributed by atoms with Crippen LogP contribution in [0.3, 0.4) is 0 Å². The number of aromatic nitrogens is 2. The fraction of sp³-hybridized carbons (Fsp3) is 0.462. The average molecular weight is 220 g/mol. The maximum atomic E-state index is 13.2. The van der Waals surface area contributed by atoms with Crippen molar-refractivity contribution in [3.05, 3.63) is 29.8 Å². The third-order valence-electron chi connectivity index (χ3n) is 3.33. The Kier molecular flexibility index (Phi) is 2.49. The largest absolute Gasteiger partial charge is 0.331 e. The van der Waals surface area contributed by atoms with Crippen molar-refractivity contribution < 1.29 is 4.39 Å². The van der Waals surface area contributed by atoms with Gasteiger partial charge in [0.15, 0.2) is 0 Å². The highest BCUT2D eigenvalue weighted by Gasteiger charge is 2.24. The molecule has 2 aromatic rings. The van der Waals surface area contributed by atoms with Gasteiger partial charge in [-0.05, 0) is 24.6 Å². The molecule has 0 bridgehead atoms. The number of nitrogens with zero attached hydrogens (tertiary/aromatic N) is 2. The van der Waals surface area contributed by atoms with E-state index in [1.165, 1.54) is 12.1 Å². The van der Waals surface area contributed by atoms with Gasteiger partial charge in [-0.3, -0.25) is 0 Å². The minimum atomic E-state index is -0.212. The number of fused-ring (bicyclic) bond motifs is 1. The minimum absolute atomic E-state index is 0.0181. The molecule has 0 atom stereocenters. The normalized spacial score (nSPS) is 12.3. The Morgan fingerprint density at radius 1 is 1.38 bits per heavy atom. The van der Waals surface area contributed by atoms with Crippen LogP contribution < -0.4 is 0 Å². The van der Waals surface area contributed by atoms with Gasteiger partial charge in [-0.2, -0.15) is 0 Å². The molecule has 1 aromatic carbocycles. The van der Waals surface area contributed by atoms with E-state index in [0.29, 0.717) is 0 Å². The van der Waals surface area contributed by atoms with Crippen LogP contribution in [0.25, 0.3) is 11.0 Å². The highest BCUT2D eigenvalue weighted by molar-refractivity contribution is 5.76. The van der Waals surface area contributed by atoms with E-state index in [9.17, 15) is 4.39 Å². The molecule has 0 unspecified atom stereocenters. The Labute approximate surface area is 95.1 Å². The first-order valence-corrected chi connectivity index (χ1v) is 5.58. The Morgan fingerprint density at radius 3 is 2.69 bits per heavy atom. The summed E-state index contributed by atoms with van der Waals surface area (Å²) in [7, 11) is 1.95. The average Bonchev–Trinajstić information content (AvgIpc) is 2.57. The zero-order valence-electron chi connectivity index (χ0n) is 10.2. The maximum absolute atomic E-state index is 13.2. The lowest BCUT2D eigenvalue weighted by Crippen LogP contribution is -2.20. The van der Waals surface area contributed by atoms with Crippen molar-refractivity contribution in [2.24, 2.45) is 7.05 Å². The van der Waals surface area contributed by atoms with Gasteiger partial charge in [-0.15, -0.1) is 0 Å². The van der Waals surface area contributed by atoms with Crippen molar-refractivity contribution in [2.45, 2.75) is 32.6 Å². The maximum Gasteiger partial charge on any atom is 0.125 e. The summed E-state index contributed by atoms with van der Waals surface area (Å²) in [6.07, 6.45) is 1.01. The summed E-state index contributed by atoms with van der Waals surface area (Å²) in [5.41, 5.74) is 1.74. The quantitative estimate of drug-likeness (QED) is 0.758. The number of rotatable bonds is 2. The highest BCUT2D eigenvalue weighted by Crippen LogP contribution is 2.28. The SMILES string of the molecule is CCC(C)(C)c1nc2ccc(F)cc2n1C. The smallest absolute Gasteiger partial charge is 0.125 e. The molecule has 0 radical (unpaired) electrons. The van der Waals surface area contributed by atoms with Gasteiger partial charge in [0.25, 0.3) is 0 Å². The molecule has 0 saturated carbocycles. The fourth-order valence-corrected chi connectivity index (χ4v) is 1.93. The number of hydrogen-bond acceptors (Lipinski definition) is 1. The second-order valence-corrected chi connectivity index (χ2v) is 4.86.